The van der Waals surface area contributed by atoms with Gasteiger partial charge in [-0.1, -0.05) is 11.6 Å². The van der Waals surface area contributed by atoms with Crippen molar-refractivity contribution in [3.63, 3.8) is 0 Å². The van der Waals surface area contributed by atoms with Crippen LogP contribution in [-0.2, 0) is 0 Å². The summed E-state index contributed by atoms with van der Waals surface area (Å²) in [6.07, 6.45) is 0. The standard InChI is InChI=1S/C18H14O4/c1-11-3-8-16-13(9-11)10-15(18(20)22-16)17(19)12-4-6-14(21-2)7-5-12/h3-10H,1-2H3. The van der Waals surface area contributed by atoms with Crippen LogP contribution in [0.25, 0.3) is 11.0 Å². The van der Waals surface area contributed by atoms with E-state index in [1.54, 1.807) is 43.5 Å². The van der Waals surface area contributed by atoms with Crippen molar-refractivity contribution in [1.82, 2.24) is 0 Å². The molecule has 3 aromatic rings. The lowest BCUT2D eigenvalue weighted by atomic mass is 10.0. The maximum atomic E-state index is 12.5. The van der Waals surface area contributed by atoms with Crippen LogP contribution in [0.1, 0.15) is 21.5 Å². The van der Waals surface area contributed by atoms with Gasteiger partial charge in [0.15, 0.2) is 5.78 Å². The Morgan fingerprint density at radius 1 is 1.05 bits per heavy atom. The summed E-state index contributed by atoms with van der Waals surface area (Å²) >= 11 is 0. The minimum Gasteiger partial charge on any atom is -0.497 e. The second-order valence-electron chi connectivity index (χ2n) is 5.05. The molecular formula is C18H14O4. The van der Waals surface area contributed by atoms with Crippen LogP contribution in [0.2, 0.25) is 0 Å². The second-order valence-corrected chi connectivity index (χ2v) is 5.05. The third kappa shape index (κ3) is 2.51. The van der Waals surface area contributed by atoms with Gasteiger partial charge in [0, 0.05) is 10.9 Å². The van der Waals surface area contributed by atoms with Crippen LogP contribution in [0.5, 0.6) is 5.75 Å². The van der Waals surface area contributed by atoms with Crippen LogP contribution < -0.4 is 10.4 Å². The summed E-state index contributed by atoms with van der Waals surface area (Å²) in [5.41, 5.74) is 1.33. The second kappa shape index (κ2) is 5.48. The number of hydrogen-bond donors (Lipinski definition) is 0. The molecule has 110 valence electrons. The molecule has 0 spiro atoms. The van der Waals surface area contributed by atoms with E-state index >= 15 is 0 Å². The highest BCUT2D eigenvalue weighted by molar-refractivity contribution is 6.09. The number of carbonyl (C=O) groups excluding carboxylic acids is 1. The molecule has 0 aliphatic carbocycles. The first-order valence-corrected chi connectivity index (χ1v) is 6.82. The lowest BCUT2D eigenvalue weighted by molar-refractivity contribution is 0.103. The summed E-state index contributed by atoms with van der Waals surface area (Å²) in [6, 6.07) is 13.7. The molecule has 0 saturated carbocycles. The summed E-state index contributed by atoms with van der Waals surface area (Å²) in [5.74, 6) is 0.289. The van der Waals surface area contributed by atoms with E-state index in [-0.39, 0.29) is 11.3 Å². The molecule has 0 unspecified atom stereocenters. The highest BCUT2D eigenvalue weighted by atomic mass is 16.5. The Kier molecular flexibility index (Phi) is 3.51. The van der Waals surface area contributed by atoms with Crippen LogP contribution in [0.15, 0.2) is 57.7 Å². The molecule has 3 rings (SSSR count). The molecule has 0 N–H and O–H groups in total. The van der Waals surface area contributed by atoms with Crippen molar-refractivity contribution < 1.29 is 13.9 Å². The molecule has 0 fully saturated rings. The molecule has 1 aromatic heterocycles. The fraction of sp³-hybridized carbons (Fsp3) is 0.111. The molecule has 0 aliphatic rings. The molecule has 0 atom stereocenters. The van der Waals surface area contributed by atoms with E-state index in [0.717, 1.165) is 10.9 Å². The molecule has 4 nitrogen and oxygen atoms in total. The molecule has 22 heavy (non-hydrogen) atoms. The number of ketones is 1. The highest BCUT2D eigenvalue weighted by Gasteiger charge is 2.16. The third-order valence-electron chi connectivity index (χ3n) is 3.48. The number of hydrogen-bond acceptors (Lipinski definition) is 4. The molecular weight excluding hydrogens is 280 g/mol. The van der Waals surface area contributed by atoms with Gasteiger partial charge in [0.1, 0.15) is 16.9 Å². The molecule has 0 saturated heterocycles. The molecule has 2 aromatic carbocycles. The first-order valence-electron chi connectivity index (χ1n) is 6.82. The van der Waals surface area contributed by atoms with E-state index in [1.165, 1.54) is 0 Å². The lowest BCUT2D eigenvalue weighted by Crippen LogP contribution is -2.14. The summed E-state index contributed by atoms with van der Waals surface area (Å²) in [5, 5.41) is 0.733. The van der Waals surface area contributed by atoms with Gasteiger partial charge in [0.25, 0.3) is 0 Å². The number of aryl methyl sites for hydroxylation is 1. The van der Waals surface area contributed by atoms with E-state index in [1.807, 2.05) is 19.1 Å². The Labute approximate surface area is 127 Å². The molecule has 4 heteroatoms. The van der Waals surface area contributed by atoms with Gasteiger partial charge >= 0.3 is 5.63 Å². The number of ether oxygens (including phenoxy) is 1. The molecule has 0 aliphatic heterocycles. The summed E-state index contributed by atoms with van der Waals surface area (Å²) < 4.78 is 10.3. The van der Waals surface area contributed by atoms with E-state index < -0.39 is 5.63 Å². The van der Waals surface area contributed by atoms with Gasteiger partial charge in [-0.2, -0.15) is 0 Å². The zero-order valence-corrected chi connectivity index (χ0v) is 12.3. The van der Waals surface area contributed by atoms with Gasteiger partial charge in [-0.05, 0) is 49.4 Å². The third-order valence-corrected chi connectivity index (χ3v) is 3.48. The first kappa shape index (κ1) is 14.1. The van der Waals surface area contributed by atoms with Crippen molar-refractivity contribution in [3.8, 4) is 5.75 Å². The zero-order valence-electron chi connectivity index (χ0n) is 12.3. The summed E-state index contributed by atoms with van der Waals surface area (Å²) in [4.78, 5) is 24.5. The summed E-state index contributed by atoms with van der Waals surface area (Å²) in [6.45, 7) is 1.94. The average molecular weight is 294 g/mol. The largest absolute Gasteiger partial charge is 0.497 e. The number of rotatable bonds is 3. The van der Waals surface area contributed by atoms with Gasteiger partial charge in [-0.15, -0.1) is 0 Å². The molecule has 0 bridgehead atoms. The van der Waals surface area contributed by atoms with Gasteiger partial charge in [-0.25, -0.2) is 4.79 Å². The Hall–Kier alpha value is -2.88. The van der Waals surface area contributed by atoms with Gasteiger partial charge in [0.05, 0.1) is 7.11 Å². The lowest BCUT2D eigenvalue weighted by Gasteiger charge is -2.04. The maximum Gasteiger partial charge on any atom is 0.347 e. The number of benzene rings is 2. The maximum absolute atomic E-state index is 12.5. The normalized spacial score (nSPS) is 10.6. The van der Waals surface area contributed by atoms with Gasteiger partial charge in [-0.3, -0.25) is 4.79 Å². The van der Waals surface area contributed by atoms with Crippen molar-refractivity contribution in [2.45, 2.75) is 6.92 Å². The van der Waals surface area contributed by atoms with Crippen molar-refractivity contribution in [3.05, 3.63) is 75.6 Å². The van der Waals surface area contributed by atoms with Crippen LogP contribution in [0.3, 0.4) is 0 Å². The van der Waals surface area contributed by atoms with Gasteiger partial charge < -0.3 is 9.15 Å². The Balaban J connectivity index is 2.09. The van der Waals surface area contributed by atoms with Gasteiger partial charge in [0.2, 0.25) is 0 Å². The molecule has 0 radical (unpaired) electrons. The van der Waals surface area contributed by atoms with Crippen molar-refractivity contribution in [2.75, 3.05) is 7.11 Å². The molecule has 0 amide bonds. The van der Waals surface area contributed by atoms with E-state index in [0.29, 0.717) is 16.9 Å². The Morgan fingerprint density at radius 3 is 2.45 bits per heavy atom. The quantitative estimate of drug-likeness (QED) is 0.549. The fourth-order valence-corrected chi connectivity index (χ4v) is 2.30. The first-order chi connectivity index (χ1) is 10.6. The number of methoxy groups -OCH3 is 1. The van der Waals surface area contributed by atoms with Crippen LogP contribution >= 0.6 is 0 Å². The number of carbonyl (C=O) groups is 1. The Morgan fingerprint density at radius 2 is 1.77 bits per heavy atom. The zero-order chi connectivity index (χ0) is 15.7. The van der Waals surface area contributed by atoms with Crippen molar-refractivity contribution in [2.24, 2.45) is 0 Å². The highest BCUT2D eigenvalue weighted by Crippen LogP contribution is 2.18. The van der Waals surface area contributed by atoms with Crippen molar-refractivity contribution in [1.29, 1.82) is 0 Å². The van der Waals surface area contributed by atoms with Crippen LogP contribution in [-0.4, -0.2) is 12.9 Å². The Bertz CT molecular complexity index is 905. The predicted octanol–water partition coefficient (Wildman–Crippen LogP) is 3.34. The van der Waals surface area contributed by atoms with Crippen LogP contribution in [0, 0.1) is 6.92 Å². The van der Waals surface area contributed by atoms with E-state index in [2.05, 4.69) is 0 Å². The van der Waals surface area contributed by atoms with Crippen molar-refractivity contribution >= 4 is 16.8 Å². The van der Waals surface area contributed by atoms with E-state index in [9.17, 15) is 9.59 Å². The monoisotopic (exact) mass is 294 g/mol. The topological polar surface area (TPSA) is 56.5 Å². The van der Waals surface area contributed by atoms with E-state index in [4.69, 9.17) is 9.15 Å². The minimum atomic E-state index is -0.628. The fourth-order valence-electron chi connectivity index (χ4n) is 2.30. The van der Waals surface area contributed by atoms with Crippen LogP contribution in [0.4, 0.5) is 0 Å². The molecule has 1 heterocycles. The number of fused-ring (bicyclic) bond motifs is 1. The summed E-state index contributed by atoms with van der Waals surface area (Å²) in [7, 11) is 1.55. The predicted molar refractivity (Wildman–Crippen MR) is 83.6 cm³/mol. The SMILES string of the molecule is COc1ccc(C(=O)c2cc3cc(C)ccc3oc2=O)cc1. The smallest absolute Gasteiger partial charge is 0.347 e. The average Bonchev–Trinajstić information content (AvgIpc) is 2.54. The minimum absolute atomic E-state index is 0.0308.